The zero-order valence-electron chi connectivity index (χ0n) is 14.9. The lowest BCUT2D eigenvalue weighted by Gasteiger charge is -2.08. The number of hydrogen-bond donors (Lipinski definition) is 1. The van der Waals surface area contributed by atoms with Crippen molar-refractivity contribution in [1.29, 1.82) is 0 Å². The van der Waals surface area contributed by atoms with Crippen molar-refractivity contribution in [3.63, 3.8) is 0 Å². The predicted octanol–water partition coefficient (Wildman–Crippen LogP) is 1.64. The van der Waals surface area contributed by atoms with Gasteiger partial charge in [0, 0.05) is 24.3 Å². The van der Waals surface area contributed by atoms with Crippen molar-refractivity contribution in [3.05, 3.63) is 22.8 Å². The van der Waals surface area contributed by atoms with E-state index in [1.807, 2.05) is 32.4 Å². The van der Waals surface area contributed by atoms with Crippen LogP contribution in [0.3, 0.4) is 0 Å². The number of nitrogens with zero attached hydrogens (tertiary/aromatic N) is 6. The first kappa shape index (κ1) is 18.4. The first-order chi connectivity index (χ1) is 11.4. The number of nitrogens with one attached hydrogen (secondary N) is 1. The topological polar surface area (TPSA) is 90.5 Å². The van der Waals surface area contributed by atoms with Crippen LogP contribution in [0.25, 0.3) is 0 Å². The monoisotopic (exact) mass is 351 g/mol. The molecule has 0 atom stereocenters. The lowest BCUT2D eigenvalue weighted by Crippen LogP contribution is -2.25. The van der Waals surface area contributed by atoms with Crippen molar-refractivity contribution in [2.75, 3.05) is 5.75 Å². The Morgan fingerprint density at radius 3 is 2.71 bits per heavy atom. The van der Waals surface area contributed by atoms with Gasteiger partial charge < -0.3 is 5.32 Å². The summed E-state index contributed by atoms with van der Waals surface area (Å²) in [5, 5.41) is 19.1. The van der Waals surface area contributed by atoms with Gasteiger partial charge in [-0.1, -0.05) is 0 Å². The first-order valence-corrected chi connectivity index (χ1v) is 9.23. The fourth-order valence-electron chi connectivity index (χ4n) is 2.48. The molecule has 0 aliphatic carbocycles. The quantitative estimate of drug-likeness (QED) is 0.777. The van der Waals surface area contributed by atoms with Crippen LogP contribution in [0.15, 0.2) is 0 Å². The number of carbonyl (C=O) groups is 1. The molecule has 2 heterocycles. The lowest BCUT2D eigenvalue weighted by atomic mass is 10.2. The molecular formula is C15H25N7OS. The molecule has 0 aromatic carbocycles. The fraction of sp³-hybridized carbons (Fsp3) is 0.667. The highest BCUT2D eigenvalue weighted by Gasteiger charge is 2.13. The third-order valence-electron chi connectivity index (χ3n) is 3.81. The Morgan fingerprint density at radius 1 is 1.33 bits per heavy atom. The molecule has 2 rings (SSSR count). The van der Waals surface area contributed by atoms with E-state index in [9.17, 15) is 4.79 Å². The van der Waals surface area contributed by atoms with Crippen molar-refractivity contribution in [2.45, 2.75) is 59.5 Å². The molecule has 0 unspecified atom stereocenters. The summed E-state index contributed by atoms with van der Waals surface area (Å²) in [5.41, 5.74) is 3.18. The average Bonchev–Trinajstić information content (AvgIpc) is 3.10. The maximum absolute atomic E-state index is 12.0. The summed E-state index contributed by atoms with van der Waals surface area (Å²) in [6.07, 6.45) is 0. The molecule has 2 aromatic heterocycles. The van der Waals surface area contributed by atoms with E-state index in [0.717, 1.165) is 29.3 Å². The summed E-state index contributed by atoms with van der Waals surface area (Å²) in [5.74, 6) is 1.79. The number of tetrazole rings is 1. The summed E-state index contributed by atoms with van der Waals surface area (Å²) < 4.78 is 3.73. The maximum Gasteiger partial charge on any atom is 0.230 e. The van der Waals surface area contributed by atoms with Crippen LogP contribution in [0.4, 0.5) is 0 Å². The second-order valence-electron chi connectivity index (χ2n) is 5.87. The Kier molecular flexibility index (Phi) is 6.36. The number of amides is 1. The van der Waals surface area contributed by atoms with Crippen LogP contribution < -0.4 is 5.32 Å². The van der Waals surface area contributed by atoms with E-state index in [1.54, 1.807) is 4.68 Å². The molecule has 0 bridgehead atoms. The molecule has 0 saturated carbocycles. The predicted molar refractivity (Wildman–Crippen MR) is 93.6 cm³/mol. The van der Waals surface area contributed by atoms with Crippen LogP contribution in [0.5, 0.6) is 0 Å². The molecular weight excluding hydrogens is 326 g/mol. The number of thioether (sulfide) groups is 1. The number of carbonyl (C=O) groups excluding carboxylic acids is 1. The lowest BCUT2D eigenvalue weighted by molar-refractivity contribution is -0.118. The minimum Gasteiger partial charge on any atom is -0.351 e. The molecule has 1 N–H and O–H groups in total. The van der Waals surface area contributed by atoms with Crippen molar-refractivity contribution >= 4 is 17.7 Å². The largest absolute Gasteiger partial charge is 0.351 e. The van der Waals surface area contributed by atoms with E-state index < -0.39 is 0 Å². The van der Waals surface area contributed by atoms with Gasteiger partial charge in [0.15, 0.2) is 5.82 Å². The zero-order chi connectivity index (χ0) is 17.7. The van der Waals surface area contributed by atoms with Crippen LogP contribution in [0.1, 0.15) is 49.6 Å². The van der Waals surface area contributed by atoms with E-state index in [4.69, 9.17) is 0 Å². The standard InChI is InChI=1S/C15H25N7OS/c1-6-21-12(5)13(11(4)18-21)7-16-15(23)9-24-8-14-17-19-20-22(14)10(2)3/h10H,6-9H2,1-5H3,(H,16,23). The highest BCUT2D eigenvalue weighted by Crippen LogP contribution is 2.14. The van der Waals surface area contributed by atoms with Gasteiger partial charge in [-0.25, -0.2) is 4.68 Å². The third kappa shape index (κ3) is 4.34. The summed E-state index contributed by atoms with van der Waals surface area (Å²) in [6.45, 7) is 11.5. The van der Waals surface area contributed by atoms with Crippen LogP contribution >= 0.6 is 11.8 Å². The second kappa shape index (κ2) is 8.27. The Bertz CT molecular complexity index is 692. The van der Waals surface area contributed by atoms with Gasteiger partial charge in [0.1, 0.15) is 0 Å². The Labute approximate surface area is 146 Å². The number of aromatic nitrogens is 6. The minimum absolute atomic E-state index is 0.00613. The normalized spacial score (nSPS) is 11.2. The third-order valence-corrected chi connectivity index (χ3v) is 4.74. The van der Waals surface area contributed by atoms with Gasteiger partial charge in [0.25, 0.3) is 0 Å². The van der Waals surface area contributed by atoms with E-state index in [-0.39, 0.29) is 11.9 Å². The summed E-state index contributed by atoms with van der Waals surface area (Å²) in [7, 11) is 0. The van der Waals surface area contributed by atoms with Gasteiger partial charge in [-0.05, 0) is 45.0 Å². The van der Waals surface area contributed by atoms with Crippen molar-refractivity contribution < 1.29 is 4.79 Å². The Morgan fingerprint density at radius 2 is 2.08 bits per heavy atom. The Hall–Kier alpha value is -1.90. The van der Waals surface area contributed by atoms with Gasteiger partial charge in [-0.3, -0.25) is 9.48 Å². The highest BCUT2D eigenvalue weighted by molar-refractivity contribution is 7.99. The molecule has 0 radical (unpaired) electrons. The Balaban J connectivity index is 1.80. The molecule has 9 heteroatoms. The summed E-state index contributed by atoms with van der Waals surface area (Å²) in [6, 6.07) is 0.213. The molecule has 1 amide bonds. The van der Waals surface area contributed by atoms with Crippen LogP contribution in [0.2, 0.25) is 0 Å². The van der Waals surface area contributed by atoms with Crippen molar-refractivity contribution in [1.82, 2.24) is 35.3 Å². The fourth-order valence-corrected chi connectivity index (χ4v) is 3.24. The molecule has 132 valence electrons. The van der Waals surface area contributed by atoms with Crippen LogP contribution in [-0.2, 0) is 23.6 Å². The summed E-state index contributed by atoms with van der Waals surface area (Å²) >= 11 is 1.51. The van der Waals surface area contributed by atoms with E-state index in [1.165, 1.54) is 11.8 Å². The second-order valence-corrected chi connectivity index (χ2v) is 6.85. The number of aryl methyl sites for hydroxylation is 2. The maximum atomic E-state index is 12.0. The average molecular weight is 351 g/mol. The van der Waals surface area contributed by atoms with Gasteiger partial charge >= 0.3 is 0 Å². The zero-order valence-corrected chi connectivity index (χ0v) is 15.7. The van der Waals surface area contributed by atoms with Crippen molar-refractivity contribution in [2.24, 2.45) is 0 Å². The number of hydrogen-bond acceptors (Lipinski definition) is 6. The molecule has 8 nitrogen and oxygen atoms in total. The first-order valence-electron chi connectivity index (χ1n) is 8.08. The van der Waals surface area contributed by atoms with Gasteiger partial charge in [0.05, 0.1) is 23.2 Å². The molecule has 0 aliphatic heterocycles. The van der Waals surface area contributed by atoms with E-state index >= 15 is 0 Å². The minimum atomic E-state index is 0.00613. The molecule has 24 heavy (non-hydrogen) atoms. The van der Waals surface area contributed by atoms with Crippen LogP contribution in [-0.4, -0.2) is 41.6 Å². The molecule has 2 aromatic rings. The van der Waals surface area contributed by atoms with Gasteiger partial charge in [0.2, 0.25) is 5.91 Å². The molecule has 0 spiro atoms. The smallest absolute Gasteiger partial charge is 0.230 e. The summed E-state index contributed by atoms with van der Waals surface area (Å²) in [4.78, 5) is 12.0. The van der Waals surface area contributed by atoms with Gasteiger partial charge in [-0.15, -0.1) is 16.9 Å². The molecule has 0 aliphatic rings. The number of rotatable bonds is 8. The van der Waals surface area contributed by atoms with Gasteiger partial charge in [-0.2, -0.15) is 5.10 Å². The molecule has 0 saturated heterocycles. The van der Waals surface area contributed by atoms with Crippen LogP contribution in [0, 0.1) is 13.8 Å². The highest BCUT2D eigenvalue weighted by atomic mass is 32.2. The van der Waals surface area contributed by atoms with E-state index in [2.05, 4.69) is 32.9 Å². The molecule has 0 fully saturated rings. The van der Waals surface area contributed by atoms with E-state index in [0.29, 0.717) is 18.1 Å². The van der Waals surface area contributed by atoms with Crippen molar-refractivity contribution in [3.8, 4) is 0 Å². The SMILES string of the molecule is CCn1nc(C)c(CNC(=O)CSCc2nnnn2C(C)C)c1C.